The Kier molecular flexibility index (Phi) is 5.74. The molecule has 1 aliphatic rings. The van der Waals surface area contributed by atoms with Crippen LogP contribution >= 0.6 is 11.8 Å². The van der Waals surface area contributed by atoms with Crippen LogP contribution in [0.1, 0.15) is 20.3 Å². The predicted octanol–water partition coefficient (Wildman–Crippen LogP) is 0.357. The van der Waals surface area contributed by atoms with E-state index in [-0.39, 0.29) is 19.0 Å². The van der Waals surface area contributed by atoms with Gasteiger partial charge in [-0.3, -0.25) is 0 Å². The van der Waals surface area contributed by atoms with E-state index in [1.807, 2.05) is 11.8 Å². The molecule has 0 aromatic rings. The van der Waals surface area contributed by atoms with E-state index in [9.17, 15) is 9.59 Å². The van der Waals surface area contributed by atoms with Crippen molar-refractivity contribution in [2.45, 2.75) is 36.9 Å². The van der Waals surface area contributed by atoms with E-state index in [0.717, 1.165) is 0 Å². The number of hydrogen-bond donors (Lipinski definition) is 3. The Labute approximate surface area is 111 Å². The van der Waals surface area contributed by atoms with Crippen LogP contribution in [0.25, 0.3) is 0 Å². The van der Waals surface area contributed by atoms with Crippen LogP contribution in [-0.4, -0.2) is 63.4 Å². The van der Waals surface area contributed by atoms with Crippen molar-refractivity contribution in [3.05, 3.63) is 0 Å². The number of nitrogens with zero attached hydrogens (tertiary/aromatic N) is 1. The van der Waals surface area contributed by atoms with Crippen LogP contribution in [0, 0.1) is 0 Å². The molecule has 0 radical (unpaired) electrons. The maximum Gasteiger partial charge on any atom is 0.332 e. The van der Waals surface area contributed by atoms with Crippen molar-refractivity contribution in [3.8, 4) is 0 Å². The van der Waals surface area contributed by atoms with Crippen molar-refractivity contribution in [1.82, 2.24) is 10.2 Å². The third-order valence-electron chi connectivity index (χ3n) is 2.69. The van der Waals surface area contributed by atoms with Gasteiger partial charge in [0.05, 0.1) is 0 Å². The molecule has 2 unspecified atom stereocenters. The molecule has 7 heteroatoms. The van der Waals surface area contributed by atoms with Crippen LogP contribution in [0.3, 0.4) is 0 Å². The number of aliphatic carboxylic acids is 1. The van der Waals surface area contributed by atoms with Gasteiger partial charge >= 0.3 is 12.0 Å². The summed E-state index contributed by atoms with van der Waals surface area (Å²) in [5, 5.41) is 21.0. The first-order valence-corrected chi connectivity index (χ1v) is 6.93. The minimum atomic E-state index is -1.42. The van der Waals surface area contributed by atoms with Crippen molar-refractivity contribution in [2.75, 3.05) is 19.6 Å². The second kappa shape index (κ2) is 6.84. The smallest absolute Gasteiger partial charge is 0.332 e. The zero-order chi connectivity index (χ0) is 13.7. The van der Waals surface area contributed by atoms with Crippen LogP contribution in [0.5, 0.6) is 0 Å². The highest BCUT2D eigenvalue weighted by molar-refractivity contribution is 8.00. The number of nitrogens with one attached hydrogen (secondary N) is 1. The highest BCUT2D eigenvalue weighted by Crippen LogP contribution is 2.24. The van der Waals surface area contributed by atoms with Crippen LogP contribution in [0.2, 0.25) is 0 Å². The quantitative estimate of drug-likeness (QED) is 0.689. The lowest BCUT2D eigenvalue weighted by Gasteiger charge is -2.34. The number of thioether (sulfide) groups is 1. The summed E-state index contributed by atoms with van der Waals surface area (Å²) in [4.78, 5) is 23.9. The first-order valence-electron chi connectivity index (χ1n) is 5.99. The molecule has 0 spiro atoms. The van der Waals surface area contributed by atoms with Gasteiger partial charge in [-0.25, -0.2) is 9.59 Å². The van der Waals surface area contributed by atoms with Gasteiger partial charge in [-0.2, -0.15) is 11.8 Å². The fourth-order valence-electron chi connectivity index (χ4n) is 1.89. The zero-order valence-corrected chi connectivity index (χ0v) is 11.4. The maximum absolute atomic E-state index is 11.8. The number of carboxylic acids is 1. The van der Waals surface area contributed by atoms with Gasteiger partial charge in [0.1, 0.15) is 0 Å². The largest absolute Gasteiger partial charge is 0.479 e. The molecular weight excluding hydrogens is 256 g/mol. The Balaban J connectivity index is 2.30. The first kappa shape index (κ1) is 15.1. The Morgan fingerprint density at radius 2 is 1.94 bits per heavy atom. The van der Waals surface area contributed by atoms with Gasteiger partial charge in [0.15, 0.2) is 6.10 Å². The Morgan fingerprint density at radius 1 is 1.39 bits per heavy atom. The van der Waals surface area contributed by atoms with Crippen LogP contribution in [-0.2, 0) is 4.79 Å². The summed E-state index contributed by atoms with van der Waals surface area (Å²) in [5.41, 5.74) is 0. The molecule has 6 nitrogen and oxygen atoms in total. The predicted molar refractivity (Wildman–Crippen MR) is 69.7 cm³/mol. The molecule has 2 amide bonds. The number of aliphatic hydroxyl groups excluding tert-OH is 1. The SMILES string of the molecule is CC1CN(C(=O)NCC[C@H](O)C(=O)O)CC(C)S1. The Hall–Kier alpha value is -0.950. The second-order valence-corrected chi connectivity index (χ2v) is 6.42. The Bertz CT molecular complexity index is 303. The molecule has 0 bridgehead atoms. The molecule has 1 rings (SSSR count). The fraction of sp³-hybridized carbons (Fsp3) is 0.818. The van der Waals surface area contributed by atoms with Gasteiger partial charge in [0.25, 0.3) is 0 Å². The van der Waals surface area contributed by atoms with E-state index in [0.29, 0.717) is 23.6 Å². The average Bonchev–Trinajstić information content (AvgIpc) is 2.27. The van der Waals surface area contributed by atoms with Crippen molar-refractivity contribution < 1.29 is 19.8 Å². The van der Waals surface area contributed by atoms with Crippen molar-refractivity contribution in [2.24, 2.45) is 0 Å². The number of amides is 2. The van der Waals surface area contributed by atoms with Crippen molar-refractivity contribution in [1.29, 1.82) is 0 Å². The normalized spacial score (nSPS) is 25.6. The monoisotopic (exact) mass is 276 g/mol. The van der Waals surface area contributed by atoms with E-state index in [4.69, 9.17) is 10.2 Å². The Morgan fingerprint density at radius 3 is 2.44 bits per heavy atom. The summed E-state index contributed by atoms with van der Waals surface area (Å²) in [6.07, 6.45) is -1.39. The van der Waals surface area contributed by atoms with Gasteiger partial charge < -0.3 is 20.4 Å². The molecule has 1 saturated heterocycles. The molecule has 1 fully saturated rings. The van der Waals surface area contributed by atoms with E-state index in [2.05, 4.69) is 19.2 Å². The molecular formula is C11H20N2O4S. The van der Waals surface area contributed by atoms with Crippen LogP contribution in [0.4, 0.5) is 4.79 Å². The number of urea groups is 1. The number of carbonyl (C=O) groups excluding carboxylic acids is 1. The van der Waals surface area contributed by atoms with Gasteiger partial charge in [0.2, 0.25) is 0 Å². The number of rotatable bonds is 4. The number of carbonyl (C=O) groups is 2. The van der Waals surface area contributed by atoms with Gasteiger partial charge in [0, 0.05) is 36.6 Å². The van der Waals surface area contributed by atoms with E-state index in [1.54, 1.807) is 4.90 Å². The fourth-order valence-corrected chi connectivity index (χ4v) is 3.22. The lowest BCUT2D eigenvalue weighted by atomic mass is 10.2. The number of hydrogen-bond acceptors (Lipinski definition) is 4. The molecule has 3 atom stereocenters. The van der Waals surface area contributed by atoms with E-state index >= 15 is 0 Å². The first-order chi connectivity index (χ1) is 8.40. The van der Waals surface area contributed by atoms with Gasteiger partial charge in [-0.1, -0.05) is 13.8 Å². The van der Waals surface area contributed by atoms with Crippen LogP contribution < -0.4 is 5.32 Å². The minimum absolute atomic E-state index is 0.0226. The molecule has 1 aliphatic heterocycles. The zero-order valence-electron chi connectivity index (χ0n) is 10.6. The second-order valence-electron chi connectivity index (χ2n) is 4.54. The standard InChI is InChI=1S/C11H20N2O4S/c1-7-5-13(6-8(2)18-7)11(17)12-4-3-9(14)10(15)16/h7-9,14H,3-6H2,1-2H3,(H,12,17)(H,15,16)/t7?,8?,9-/m0/s1. The van der Waals surface area contributed by atoms with Crippen LogP contribution in [0.15, 0.2) is 0 Å². The van der Waals surface area contributed by atoms with Gasteiger partial charge in [-0.15, -0.1) is 0 Å². The highest BCUT2D eigenvalue weighted by Gasteiger charge is 2.25. The van der Waals surface area contributed by atoms with Crippen molar-refractivity contribution in [3.63, 3.8) is 0 Å². The summed E-state index contributed by atoms with van der Waals surface area (Å²) in [7, 11) is 0. The molecule has 0 aromatic carbocycles. The third kappa shape index (κ3) is 4.73. The molecule has 0 saturated carbocycles. The molecule has 1 heterocycles. The number of carboxylic acid groups (broad SMARTS) is 1. The average molecular weight is 276 g/mol. The highest BCUT2D eigenvalue weighted by atomic mass is 32.2. The molecule has 18 heavy (non-hydrogen) atoms. The molecule has 0 aromatic heterocycles. The molecule has 104 valence electrons. The summed E-state index contributed by atoms with van der Waals surface area (Å²) in [6, 6.07) is -0.188. The third-order valence-corrected chi connectivity index (χ3v) is 3.91. The van der Waals surface area contributed by atoms with Gasteiger partial charge in [-0.05, 0) is 0 Å². The lowest BCUT2D eigenvalue weighted by molar-refractivity contribution is -0.146. The summed E-state index contributed by atoms with van der Waals surface area (Å²) in [5.74, 6) is -1.26. The molecule has 3 N–H and O–H groups in total. The summed E-state index contributed by atoms with van der Waals surface area (Å²) in [6.45, 7) is 5.72. The lowest BCUT2D eigenvalue weighted by Crippen LogP contribution is -2.49. The topological polar surface area (TPSA) is 89.9 Å². The molecule has 0 aliphatic carbocycles. The maximum atomic E-state index is 11.8. The van der Waals surface area contributed by atoms with E-state index in [1.165, 1.54) is 0 Å². The minimum Gasteiger partial charge on any atom is -0.479 e. The van der Waals surface area contributed by atoms with Crippen molar-refractivity contribution >= 4 is 23.8 Å². The summed E-state index contributed by atoms with van der Waals surface area (Å²) >= 11 is 1.86. The summed E-state index contributed by atoms with van der Waals surface area (Å²) < 4.78 is 0. The number of aliphatic hydroxyl groups is 1. The van der Waals surface area contributed by atoms with E-state index < -0.39 is 12.1 Å².